The van der Waals surface area contributed by atoms with Gasteiger partial charge < -0.3 is 5.32 Å². The topological polar surface area (TPSA) is 72.2 Å². The van der Waals surface area contributed by atoms with Crippen molar-refractivity contribution in [2.75, 3.05) is 6.54 Å². The number of nitro benzene ring substituents is 1. The first kappa shape index (κ1) is 15.7. The normalized spacial score (nSPS) is 11.7. The number of amides is 1. The molecule has 0 aliphatic heterocycles. The Morgan fingerprint density at radius 2 is 1.77 bits per heavy atom. The van der Waals surface area contributed by atoms with E-state index in [4.69, 9.17) is 0 Å². The minimum atomic E-state index is -0.463. The maximum absolute atomic E-state index is 12.0. The molecule has 0 unspecified atom stereocenters. The van der Waals surface area contributed by atoms with Gasteiger partial charge in [0.1, 0.15) is 0 Å². The van der Waals surface area contributed by atoms with E-state index in [1.165, 1.54) is 6.07 Å². The van der Waals surface area contributed by atoms with Crippen molar-refractivity contribution >= 4 is 11.6 Å². The second-order valence-corrected chi connectivity index (χ2v) is 5.18. The third kappa shape index (κ3) is 4.15. The standard InChI is InChI=1S/C17H18N2O3/c1-13(14-7-3-2-4-8-14)12-18-17(20)11-15-9-5-6-10-16(15)19(21)22/h2-10,13H,11-12H2,1H3,(H,18,20)/t13-/m0/s1. The molecule has 2 rings (SSSR count). The number of rotatable bonds is 6. The number of carbonyl (C=O) groups is 1. The Balaban J connectivity index is 1.93. The smallest absolute Gasteiger partial charge is 0.273 e. The lowest BCUT2D eigenvalue weighted by Gasteiger charge is -2.13. The van der Waals surface area contributed by atoms with Gasteiger partial charge >= 0.3 is 0 Å². The molecule has 2 aromatic rings. The van der Waals surface area contributed by atoms with Crippen molar-refractivity contribution < 1.29 is 9.72 Å². The fourth-order valence-corrected chi connectivity index (χ4v) is 2.24. The maximum Gasteiger partial charge on any atom is 0.273 e. The molecule has 0 aliphatic carbocycles. The van der Waals surface area contributed by atoms with E-state index in [-0.39, 0.29) is 23.9 Å². The van der Waals surface area contributed by atoms with E-state index in [9.17, 15) is 14.9 Å². The number of nitrogens with zero attached hydrogens (tertiary/aromatic N) is 1. The van der Waals surface area contributed by atoms with E-state index in [1.807, 2.05) is 37.3 Å². The van der Waals surface area contributed by atoms with Gasteiger partial charge in [0, 0.05) is 18.2 Å². The summed E-state index contributed by atoms with van der Waals surface area (Å²) >= 11 is 0. The first-order valence-corrected chi connectivity index (χ1v) is 7.12. The average molecular weight is 298 g/mol. The molecule has 0 radical (unpaired) electrons. The Morgan fingerprint density at radius 3 is 2.45 bits per heavy atom. The van der Waals surface area contributed by atoms with Crippen molar-refractivity contribution in [2.24, 2.45) is 0 Å². The number of nitro groups is 1. The second-order valence-electron chi connectivity index (χ2n) is 5.18. The Kier molecular flexibility index (Phi) is 5.25. The minimum Gasteiger partial charge on any atom is -0.355 e. The molecule has 114 valence electrons. The zero-order valence-corrected chi connectivity index (χ0v) is 12.4. The van der Waals surface area contributed by atoms with Crippen molar-refractivity contribution in [3.05, 3.63) is 75.8 Å². The number of hydrogen-bond donors (Lipinski definition) is 1. The molecule has 0 saturated heterocycles. The van der Waals surface area contributed by atoms with Crippen LogP contribution in [0.5, 0.6) is 0 Å². The summed E-state index contributed by atoms with van der Waals surface area (Å²) in [4.78, 5) is 22.5. The molecule has 0 heterocycles. The van der Waals surface area contributed by atoms with Crippen LogP contribution >= 0.6 is 0 Å². The summed E-state index contributed by atoms with van der Waals surface area (Å²) in [6.45, 7) is 2.53. The van der Waals surface area contributed by atoms with Crippen LogP contribution in [0.1, 0.15) is 24.0 Å². The molecule has 1 N–H and O–H groups in total. The summed E-state index contributed by atoms with van der Waals surface area (Å²) in [5.41, 5.74) is 1.56. The van der Waals surface area contributed by atoms with Crippen LogP contribution in [0.3, 0.4) is 0 Å². The number of para-hydroxylation sites is 1. The van der Waals surface area contributed by atoms with Gasteiger partial charge in [-0.15, -0.1) is 0 Å². The molecule has 0 saturated carbocycles. The fraction of sp³-hybridized carbons (Fsp3) is 0.235. The first-order valence-electron chi connectivity index (χ1n) is 7.12. The highest BCUT2D eigenvalue weighted by Crippen LogP contribution is 2.18. The summed E-state index contributed by atoms with van der Waals surface area (Å²) < 4.78 is 0. The largest absolute Gasteiger partial charge is 0.355 e. The third-order valence-corrected chi connectivity index (χ3v) is 3.51. The third-order valence-electron chi connectivity index (χ3n) is 3.51. The number of nitrogens with one attached hydrogen (secondary N) is 1. The van der Waals surface area contributed by atoms with Crippen LogP contribution < -0.4 is 5.32 Å². The fourth-order valence-electron chi connectivity index (χ4n) is 2.24. The lowest BCUT2D eigenvalue weighted by Crippen LogP contribution is -2.29. The molecule has 1 atom stereocenters. The molecule has 0 fully saturated rings. The van der Waals surface area contributed by atoms with E-state index in [1.54, 1.807) is 18.2 Å². The lowest BCUT2D eigenvalue weighted by atomic mass is 10.0. The SMILES string of the molecule is C[C@@H](CNC(=O)Cc1ccccc1[N+](=O)[O-])c1ccccc1. The highest BCUT2D eigenvalue weighted by atomic mass is 16.6. The quantitative estimate of drug-likeness (QED) is 0.658. The molecule has 0 aromatic heterocycles. The zero-order valence-electron chi connectivity index (χ0n) is 12.4. The molecule has 5 nitrogen and oxygen atoms in total. The molecule has 2 aromatic carbocycles. The van der Waals surface area contributed by atoms with Gasteiger partial charge in [0.05, 0.1) is 11.3 Å². The van der Waals surface area contributed by atoms with Gasteiger partial charge in [-0.05, 0) is 11.5 Å². The van der Waals surface area contributed by atoms with Crippen molar-refractivity contribution in [3.63, 3.8) is 0 Å². The van der Waals surface area contributed by atoms with Gasteiger partial charge in [-0.2, -0.15) is 0 Å². The molecular formula is C17H18N2O3. The average Bonchev–Trinajstić information content (AvgIpc) is 2.53. The van der Waals surface area contributed by atoms with Crippen LogP contribution in [0.4, 0.5) is 5.69 Å². The van der Waals surface area contributed by atoms with Crippen molar-refractivity contribution in [1.29, 1.82) is 0 Å². The van der Waals surface area contributed by atoms with Crippen LogP contribution in [0.25, 0.3) is 0 Å². The molecule has 0 bridgehead atoms. The summed E-state index contributed by atoms with van der Waals surface area (Å²) in [6, 6.07) is 16.2. The number of carbonyl (C=O) groups excluding carboxylic acids is 1. The van der Waals surface area contributed by atoms with Crippen LogP contribution in [0.2, 0.25) is 0 Å². The lowest BCUT2D eigenvalue weighted by molar-refractivity contribution is -0.385. The molecule has 5 heteroatoms. The maximum atomic E-state index is 12.0. The van der Waals surface area contributed by atoms with Crippen molar-refractivity contribution in [3.8, 4) is 0 Å². The van der Waals surface area contributed by atoms with Crippen LogP contribution in [-0.2, 0) is 11.2 Å². The van der Waals surface area contributed by atoms with E-state index in [0.29, 0.717) is 12.1 Å². The molecule has 0 spiro atoms. The van der Waals surface area contributed by atoms with E-state index >= 15 is 0 Å². The minimum absolute atomic E-state index is 0.0126. The molecular weight excluding hydrogens is 280 g/mol. The van der Waals surface area contributed by atoms with Crippen molar-refractivity contribution in [2.45, 2.75) is 19.3 Å². The Hall–Kier alpha value is -2.69. The van der Waals surface area contributed by atoms with Crippen LogP contribution in [-0.4, -0.2) is 17.4 Å². The second kappa shape index (κ2) is 7.36. The highest BCUT2D eigenvalue weighted by Gasteiger charge is 2.15. The Bertz CT molecular complexity index is 656. The number of hydrogen-bond acceptors (Lipinski definition) is 3. The summed E-state index contributed by atoms with van der Waals surface area (Å²) in [5, 5.41) is 13.8. The van der Waals surface area contributed by atoms with Crippen LogP contribution in [0.15, 0.2) is 54.6 Å². The van der Waals surface area contributed by atoms with E-state index in [0.717, 1.165) is 5.56 Å². The summed E-state index contributed by atoms with van der Waals surface area (Å²) in [6.07, 6.45) is 0.0126. The predicted molar refractivity (Wildman–Crippen MR) is 84.7 cm³/mol. The molecule has 22 heavy (non-hydrogen) atoms. The molecule has 0 aliphatic rings. The van der Waals surface area contributed by atoms with Gasteiger partial charge in [-0.25, -0.2) is 0 Å². The predicted octanol–water partition coefficient (Wildman–Crippen LogP) is 3.06. The zero-order chi connectivity index (χ0) is 15.9. The Morgan fingerprint density at radius 1 is 1.14 bits per heavy atom. The summed E-state index contributed by atoms with van der Waals surface area (Å²) in [7, 11) is 0. The number of benzene rings is 2. The van der Waals surface area contributed by atoms with Gasteiger partial charge in [0.2, 0.25) is 5.91 Å². The Labute approximate surface area is 129 Å². The van der Waals surface area contributed by atoms with Gasteiger partial charge in [-0.1, -0.05) is 55.5 Å². The van der Waals surface area contributed by atoms with Crippen LogP contribution in [0, 0.1) is 10.1 Å². The van der Waals surface area contributed by atoms with E-state index < -0.39 is 4.92 Å². The first-order chi connectivity index (χ1) is 10.6. The van der Waals surface area contributed by atoms with Crippen molar-refractivity contribution in [1.82, 2.24) is 5.32 Å². The highest BCUT2D eigenvalue weighted by molar-refractivity contribution is 5.79. The monoisotopic (exact) mass is 298 g/mol. The van der Waals surface area contributed by atoms with Gasteiger partial charge in [0.25, 0.3) is 5.69 Å². The summed E-state index contributed by atoms with van der Waals surface area (Å²) in [5.74, 6) is -0.0204. The van der Waals surface area contributed by atoms with E-state index in [2.05, 4.69) is 5.32 Å². The molecule has 1 amide bonds. The van der Waals surface area contributed by atoms with Gasteiger partial charge in [-0.3, -0.25) is 14.9 Å². The van der Waals surface area contributed by atoms with Gasteiger partial charge in [0.15, 0.2) is 0 Å².